The molecule has 0 N–H and O–H groups in total. The molecule has 0 aliphatic heterocycles. The third-order valence-corrected chi connectivity index (χ3v) is 18.6. The van der Waals surface area contributed by atoms with Gasteiger partial charge in [-0.2, -0.15) is 0 Å². The van der Waals surface area contributed by atoms with E-state index in [2.05, 4.69) is 275 Å². The van der Waals surface area contributed by atoms with Crippen molar-refractivity contribution in [1.29, 1.82) is 0 Å². The number of fused-ring (bicyclic) bond motifs is 15. The molecule has 0 bridgehead atoms. The second-order valence-corrected chi connectivity index (χ2v) is 22.5. The summed E-state index contributed by atoms with van der Waals surface area (Å²) in [5.41, 5.74) is 17.9. The standard InChI is InChI=1S/C72H43N3S2/c1-7-25-63-52(17-1)53-18-2-8-26-64(53)73(63)47-16-13-15-44(39-47)59-40-46(51-23-14-24-58-57-22-6-12-30-69(57)77-72(51)58)31-35-50(59)45-32-36-68-60(41-45)56-21-5-11-29-67(56)75(68)49-34-38-71-62(43-49)61-42-48(33-37-70(61)76-71)74-65-27-9-3-19-54(65)55-20-4-10-28-66(55)74/h1-43H. The van der Waals surface area contributed by atoms with E-state index >= 15 is 0 Å². The summed E-state index contributed by atoms with van der Waals surface area (Å²) in [6, 6.07) is 97.1. The van der Waals surface area contributed by atoms with Gasteiger partial charge in [0.15, 0.2) is 0 Å². The quantitative estimate of drug-likeness (QED) is 0.158. The topological polar surface area (TPSA) is 14.8 Å². The summed E-state index contributed by atoms with van der Waals surface area (Å²) in [4.78, 5) is 0. The van der Waals surface area contributed by atoms with Crippen molar-refractivity contribution in [2.24, 2.45) is 0 Å². The Morgan fingerprint density at radius 3 is 1.22 bits per heavy atom. The van der Waals surface area contributed by atoms with Crippen LogP contribution in [0.2, 0.25) is 0 Å². The molecule has 0 aliphatic rings. The lowest BCUT2D eigenvalue weighted by Crippen LogP contribution is -1.95. The summed E-state index contributed by atoms with van der Waals surface area (Å²) in [6.45, 7) is 0. The molecule has 0 saturated carbocycles. The first-order valence-electron chi connectivity index (χ1n) is 26.3. The molecule has 17 aromatic rings. The van der Waals surface area contributed by atoms with E-state index in [0.717, 1.165) is 11.4 Å². The SMILES string of the molecule is c1cc(-c2cc(-c3cccc4c3sc3ccccc34)ccc2-c2ccc3c(c2)c2ccccc2n3-c2ccc3sc4ccc(-n5c6ccccc6c6ccccc65)cc4c3c2)cc(-n2c3ccccc3c3ccccc32)c1. The van der Waals surface area contributed by atoms with E-state index in [9.17, 15) is 0 Å². The molecule has 0 aliphatic carbocycles. The maximum atomic E-state index is 2.47. The monoisotopic (exact) mass is 1010 g/mol. The van der Waals surface area contributed by atoms with Crippen LogP contribution in [0.25, 0.3) is 156 Å². The highest BCUT2D eigenvalue weighted by Gasteiger charge is 2.21. The smallest absolute Gasteiger partial charge is 0.0541 e. The first kappa shape index (κ1) is 42.8. The van der Waals surface area contributed by atoms with Crippen molar-refractivity contribution in [2.45, 2.75) is 0 Å². The summed E-state index contributed by atoms with van der Waals surface area (Å²) in [5, 5.41) is 12.7. The van der Waals surface area contributed by atoms with Gasteiger partial charge in [-0.1, -0.05) is 158 Å². The molecule has 0 saturated heterocycles. The Labute approximate surface area is 450 Å². The van der Waals surface area contributed by atoms with E-state index in [4.69, 9.17) is 0 Å². The lowest BCUT2D eigenvalue weighted by molar-refractivity contribution is 1.18. The Bertz CT molecular complexity index is 5200. The van der Waals surface area contributed by atoms with Crippen LogP contribution < -0.4 is 0 Å². The number of thiophene rings is 2. The van der Waals surface area contributed by atoms with Crippen LogP contribution in [0.4, 0.5) is 0 Å². The minimum atomic E-state index is 1.14. The highest BCUT2D eigenvalue weighted by Crippen LogP contribution is 2.46. The molecular weight excluding hydrogens is 971 g/mol. The molecule has 12 aromatic carbocycles. The number of para-hydroxylation sites is 5. The highest BCUT2D eigenvalue weighted by molar-refractivity contribution is 7.26. The number of hydrogen-bond acceptors (Lipinski definition) is 2. The number of hydrogen-bond donors (Lipinski definition) is 0. The van der Waals surface area contributed by atoms with Crippen molar-refractivity contribution in [1.82, 2.24) is 13.7 Å². The van der Waals surface area contributed by atoms with Crippen molar-refractivity contribution in [3.8, 4) is 50.4 Å². The first-order valence-corrected chi connectivity index (χ1v) is 27.9. The van der Waals surface area contributed by atoms with Gasteiger partial charge in [-0.3, -0.25) is 0 Å². The highest BCUT2D eigenvalue weighted by atomic mass is 32.1. The van der Waals surface area contributed by atoms with Crippen LogP contribution in [0.3, 0.4) is 0 Å². The molecule has 0 fully saturated rings. The molecule has 3 nitrogen and oxygen atoms in total. The normalized spacial score (nSPS) is 12.2. The second kappa shape index (κ2) is 16.5. The predicted molar refractivity (Wildman–Crippen MR) is 332 cm³/mol. The predicted octanol–water partition coefficient (Wildman–Crippen LogP) is 20.7. The van der Waals surface area contributed by atoms with Crippen LogP contribution in [0.15, 0.2) is 261 Å². The van der Waals surface area contributed by atoms with Gasteiger partial charge in [0, 0.05) is 89.7 Å². The minimum absolute atomic E-state index is 1.14. The molecule has 77 heavy (non-hydrogen) atoms. The fraction of sp³-hybridized carbons (Fsp3) is 0. The van der Waals surface area contributed by atoms with Gasteiger partial charge in [0.1, 0.15) is 0 Å². The second-order valence-electron chi connectivity index (χ2n) is 20.4. The summed E-state index contributed by atoms with van der Waals surface area (Å²) in [5.74, 6) is 0. The lowest BCUT2D eigenvalue weighted by atomic mass is 9.90. The minimum Gasteiger partial charge on any atom is -0.309 e. The van der Waals surface area contributed by atoms with E-state index in [1.165, 1.54) is 145 Å². The summed E-state index contributed by atoms with van der Waals surface area (Å²) >= 11 is 3.76. The van der Waals surface area contributed by atoms with Crippen LogP contribution in [0.5, 0.6) is 0 Å². The van der Waals surface area contributed by atoms with Crippen molar-refractivity contribution in [2.75, 3.05) is 0 Å². The maximum absolute atomic E-state index is 2.47. The van der Waals surface area contributed by atoms with Crippen LogP contribution >= 0.6 is 22.7 Å². The number of rotatable bonds is 6. The fourth-order valence-corrected chi connectivity index (χ4v) is 15.1. The summed E-state index contributed by atoms with van der Waals surface area (Å²) in [6.07, 6.45) is 0. The number of benzene rings is 12. The Morgan fingerprint density at radius 1 is 0.208 bits per heavy atom. The van der Waals surface area contributed by atoms with Crippen molar-refractivity contribution < 1.29 is 0 Å². The average Bonchev–Trinajstić information content (AvgIpc) is 4.38. The Kier molecular flexibility index (Phi) is 9.16. The third kappa shape index (κ3) is 6.36. The maximum Gasteiger partial charge on any atom is 0.0541 e. The van der Waals surface area contributed by atoms with Crippen molar-refractivity contribution >= 4 is 128 Å². The van der Waals surface area contributed by atoms with Gasteiger partial charge in [0.05, 0.1) is 33.1 Å². The van der Waals surface area contributed by atoms with Gasteiger partial charge >= 0.3 is 0 Å². The zero-order valence-electron chi connectivity index (χ0n) is 41.5. The molecule has 0 spiro atoms. The number of nitrogens with zero attached hydrogens (tertiary/aromatic N) is 3. The molecule has 0 amide bonds. The van der Waals surface area contributed by atoms with Gasteiger partial charge in [-0.05, 0) is 137 Å². The van der Waals surface area contributed by atoms with E-state index in [0.29, 0.717) is 0 Å². The van der Waals surface area contributed by atoms with Crippen LogP contribution in [0, 0.1) is 0 Å². The number of aromatic nitrogens is 3. The molecule has 17 rings (SSSR count). The van der Waals surface area contributed by atoms with Crippen LogP contribution in [0.1, 0.15) is 0 Å². The van der Waals surface area contributed by atoms with Gasteiger partial charge in [-0.25, -0.2) is 0 Å². The Hall–Kier alpha value is -9.52. The van der Waals surface area contributed by atoms with Gasteiger partial charge in [0.2, 0.25) is 0 Å². The molecule has 5 aromatic heterocycles. The molecule has 0 unspecified atom stereocenters. The van der Waals surface area contributed by atoms with Crippen LogP contribution in [-0.4, -0.2) is 13.7 Å². The van der Waals surface area contributed by atoms with E-state index in [1.54, 1.807) is 0 Å². The van der Waals surface area contributed by atoms with Gasteiger partial charge in [-0.15, -0.1) is 22.7 Å². The zero-order chi connectivity index (χ0) is 50.3. The molecule has 358 valence electrons. The third-order valence-electron chi connectivity index (χ3n) is 16.2. The van der Waals surface area contributed by atoms with E-state index in [-0.39, 0.29) is 0 Å². The van der Waals surface area contributed by atoms with Gasteiger partial charge < -0.3 is 13.7 Å². The van der Waals surface area contributed by atoms with Crippen LogP contribution in [-0.2, 0) is 0 Å². The largest absolute Gasteiger partial charge is 0.309 e. The Balaban J connectivity index is 0.844. The summed E-state index contributed by atoms with van der Waals surface area (Å²) < 4.78 is 12.5. The van der Waals surface area contributed by atoms with Crippen molar-refractivity contribution in [3.63, 3.8) is 0 Å². The van der Waals surface area contributed by atoms with Gasteiger partial charge in [0.25, 0.3) is 0 Å². The average molecular weight is 1010 g/mol. The molecule has 5 heterocycles. The molecular formula is C72H43N3S2. The molecule has 0 atom stereocenters. The Morgan fingerprint density at radius 2 is 0.636 bits per heavy atom. The van der Waals surface area contributed by atoms with Crippen molar-refractivity contribution in [3.05, 3.63) is 261 Å². The fourth-order valence-electron chi connectivity index (χ4n) is 12.8. The van der Waals surface area contributed by atoms with E-state index in [1.807, 2.05) is 22.7 Å². The molecule has 0 radical (unpaired) electrons. The van der Waals surface area contributed by atoms with E-state index < -0.39 is 0 Å². The molecule has 5 heteroatoms. The lowest BCUT2D eigenvalue weighted by Gasteiger charge is -2.16. The zero-order valence-corrected chi connectivity index (χ0v) is 43.1. The summed E-state index contributed by atoms with van der Waals surface area (Å²) in [7, 11) is 0. The first-order chi connectivity index (χ1) is 38.2.